The Hall–Kier alpha value is -0.820. The maximum atomic E-state index is 5.84. The summed E-state index contributed by atoms with van der Waals surface area (Å²) in [5.74, 6) is 1.54. The molecule has 2 aliphatic rings. The maximum Gasteiger partial charge on any atom is 0.0115 e. The summed E-state index contributed by atoms with van der Waals surface area (Å²) in [7, 11) is 0. The second-order valence-electron chi connectivity index (χ2n) is 4.45. The van der Waals surface area contributed by atoms with Gasteiger partial charge in [0.25, 0.3) is 0 Å². The van der Waals surface area contributed by atoms with Crippen molar-refractivity contribution in [3.05, 3.63) is 35.4 Å². The number of nitrogens with two attached hydrogens (primary N) is 1. The van der Waals surface area contributed by atoms with Gasteiger partial charge >= 0.3 is 0 Å². The second-order valence-corrected chi connectivity index (χ2v) is 4.45. The Bertz CT molecular complexity index is 328. The van der Waals surface area contributed by atoms with Crippen LogP contribution in [0.1, 0.15) is 42.2 Å². The van der Waals surface area contributed by atoms with E-state index in [1.165, 1.54) is 30.4 Å². The summed E-state index contributed by atoms with van der Waals surface area (Å²) in [6.07, 6.45) is 3.97. The molecule has 2 aliphatic carbocycles. The average Bonchev–Trinajstić information content (AvgIpc) is 2.98. The lowest BCUT2D eigenvalue weighted by Gasteiger charge is -2.02. The third-order valence-electron chi connectivity index (χ3n) is 3.23. The van der Waals surface area contributed by atoms with E-state index in [9.17, 15) is 0 Å². The van der Waals surface area contributed by atoms with Crippen molar-refractivity contribution < 1.29 is 0 Å². The Morgan fingerprint density at radius 3 is 2.46 bits per heavy atom. The standard InChI is InChI=1S/C12H15N/c13-12-7-11(12)10-3-1-2-9(6-10)8-4-5-8/h1-3,6,8,11-12H,4-5,7,13H2/t11-,12+/m0/s1. The van der Waals surface area contributed by atoms with Crippen molar-refractivity contribution in [3.8, 4) is 0 Å². The first kappa shape index (κ1) is 7.57. The third kappa shape index (κ3) is 1.37. The summed E-state index contributed by atoms with van der Waals surface area (Å²) >= 11 is 0. The molecule has 2 atom stereocenters. The van der Waals surface area contributed by atoms with Crippen LogP contribution in [0.5, 0.6) is 0 Å². The Labute approximate surface area is 78.9 Å². The van der Waals surface area contributed by atoms with Gasteiger partial charge in [0.15, 0.2) is 0 Å². The fourth-order valence-electron chi connectivity index (χ4n) is 2.06. The van der Waals surface area contributed by atoms with Gasteiger partial charge in [-0.25, -0.2) is 0 Å². The third-order valence-corrected chi connectivity index (χ3v) is 3.23. The van der Waals surface area contributed by atoms with E-state index in [4.69, 9.17) is 5.73 Å². The van der Waals surface area contributed by atoms with Crippen LogP contribution in [0.15, 0.2) is 24.3 Å². The Morgan fingerprint density at radius 1 is 1.15 bits per heavy atom. The van der Waals surface area contributed by atoms with Crippen LogP contribution in [-0.4, -0.2) is 6.04 Å². The largest absolute Gasteiger partial charge is 0.327 e. The zero-order chi connectivity index (χ0) is 8.84. The molecule has 2 saturated carbocycles. The zero-order valence-electron chi connectivity index (χ0n) is 7.74. The van der Waals surface area contributed by atoms with Gasteiger partial charge in [-0.15, -0.1) is 0 Å². The topological polar surface area (TPSA) is 26.0 Å². The number of hydrogen-bond donors (Lipinski definition) is 1. The fraction of sp³-hybridized carbons (Fsp3) is 0.500. The lowest BCUT2D eigenvalue weighted by atomic mass is 10.0. The first-order chi connectivity index (χ1) is 6.34. The van der Waals surface area contributed by atoms with Crippen molar-refractivity contribution >= 4 is 0 Å². The maximum absolute atomic E-state index is 5.84. The minimum absolute atomic E-state index is 0.439. The van der Waals surface area contributed by atoms with E-state index in [0.29, 0.717) is 12.0 Å². The minimum Gasteiger partial charge on any atom is -0.327 e. The molecule has 13 heavy (non-hydrogen) atoms. The molecule has 3 rings (SSSR count). The van der Waals surface area contributed by atoms with Gasteiger partial charge in [0.05, 0.1) is 0 Å². The molecule has 0 unspecified atom stereocenters. The van der Waals surface area contributed by atoms with Crippen molar-refractivity contribution in [2.75, 3.05) is 0 Å². The Kier molecular flexibility index (Phi) is 1.50. The molecule has 0 bridgehead atoms. The van der Waals surface area contributed by atoms with Crippen LogP contribution >= 0.6 is 0 Å². The Morgan fingerprint density at radius 2 is 1.85 bits per heavy atom. The number of hydrogen-bond acceptors (Lipinski definition) is 1. The lowest BCUT2D eigenvalue weighted by molar-refractivity contribution is 0.982. The summed E-state index contributed by atoms with van der Waals surface area (Å²) in [4.78, 5) is 0. The van der Waals surface area contributed by atoms with E-state index in [1.807, 2.05) is 0 Å². The van der Waals surface area contributed by atoms with E-state index >= 15 is 0 Å². The molecule has 2 fully saturated rings. The van der Waals surface area contributed by atoms with Crippen molar-refractivity contribution in [1.29, 1.82) is 0 Å². The molecular formula is C12H15N. The zero-order valence-corrected chi connectivity index (χ0v) is 7.74. The summed E-state index contributed by atoms with van der Waals surface area (Å²) in [6.45, 7) is 0. The fourth-order valence-corrected chi connectivity index (χ4v) is 2.06. The van der Waals surface area contributed by atoms with Gasteiger partial charge in [-0.05, 0) is 36.3 Å². The number of benzene rings is 1. The van der Waals surface area contributed by atoms with Gasteiger partial charge in [-0.2, -0.15) is 0 Å². The molecule has 0 aliphatic heterocycles. The molecule has 1 heteroatoms. The summed E-state index contributed by atoms with van der Waals surface area (Å²) in [5, 5.41) is 0. The molecule has 0 heterocycles. The van der Waals surface area contributed by atoms with Gasteiger partial charge in [-0.3, -0.25) is 0 Å². The van der Waals surface area contributed by atoms with Crippen LogP contribution < -0.4 is 5.73 Å². The van der Waals surface area contributed by atoms with Crippen LogP contribution in [-0.2, 0) is 0 Å². The molecule has 0 radical (unpaired) electrons. The monoisotopic (exact) mass is 173 g/mol. The highest BCUT2D eigenvalue weighted by Crippen LogP contribution is 2.43. The van der Waals surface area contributed by atoms with Gasteiger partial charge in [0.1, 0.15) is 0 Å². The first-order valence-electron chi connectivity index (χ1n) is 5.20. The molecule has 0 saturated heterocycles. The molecule has 0 amide bonds. The molecule has 1 aromatic carbocycles. The lowest BCUT2D eigenvalue weighted by Crippen LogP contribution is -2.01. The predicted octanol–water partition coefficient (Wildman–Crippen LogP) is 2.38. The molecule has 1 nitrogen and oxygen atoms in total. The SMILES string of the molecule is N[C@@H]1C[C@H]1c1cccc(C2CC2)c1. The van der Waals surface area contributed by atoms with E-state index < -0.39 is 0 Å². The Balaban J connectivity index is 1.88. The molecule has 0 spiro atoms. The van der Waals surface area contributed by atoms with E-state index in [1.54, 1.807) is 0 Å². The predicted molar refractivity (Wildman–Crippen MR) is 53.8 cm³/mol. The average molecular weight is 173 g/mol. The highest BCUT2D eigenvalue weighted by atomic mass is 14.7. The van der Waals surface area contributed by atoms with Gasteiger partial charge in [-0.1, -0.05) is 24.3 Å². The summed E-state index contributed by atoms with van der Waals surface area (Å²) < 4.78 is 0. The smallest absolute Gasteiger partial charge is 0.0115 e. The van der Waals surface area contributed by atoms with E-state index in [2.05, 4.69) is 24.3 Å². The van der Waals surface area contributed by atoms with Gasteiger partial charge < -0.3 is 5.73 Å². The second kappa shape index (κ2) is 2.58. The van der Waals surface area contributed by atoms with Crippen molar-refractivity contribution in [3.63, 3.8) is 0 Å². The van der Waals surface area contributed by atoms with Crippen molar-refractivity contribution in [2.45, 2.75) is 37.1 Å². The van der Waals surface area contributed by atoms with Crippen LogP contribution in [0, 0.1) is 0 Å². The highest BCUT2D eigenvalue weighted by molar-refractivity contribution is 5.34. The van der Waals surface area contributed by atoms with Crippen LogP contribution in [0.25, 0.3) is 0 Å². The quantitative estimate of drug-likeness (QED) is 0.730. The highest BCUT2D eigenvalue weighted by Gasteiger charge is 2.35. The van der Waals surface area contributed by atoms with Crippen LogP contribution in [0.3, 0.4) is 0 Å². The molecule has 68 valence electrons. The summed E-state index contributed by atoms with van der Waals surface area (Å²) in [6, 6.07) is 9.48. The van der Waals surface area contributed by atoms with E-state index in [-0.39, 0.29) is 0 Å². The van der Waals surface area contributed by atoms with Crippen molar-refractivity contribution in [1.82, 2.24) is 0 Å². The molecule has 2 N–H and O–H groups in total. The molecule has 1 aromatic rings. The molecular weight excluding hydrogens is 158 g/mol. The normalized spacial score (nSPS) is 31.8. The van der Waals surface area contributed by atoms with E-state index in [0.717, 1.165) is 5.92 Å². The first-order valence-corrected chi connectivity index (χ1v) is 5.20. The van der Waals surface area contributed by atoms with Gasteiger partial charge in [0, 0.05) is 12.0 Å². The minimum atomic E-state index is 0.439. The van der Waals surface area contributed by atoms with Crippen molar-refractivity contribution in [2.24, 2.45) is 5.73 Å². The van der Waals surface area contributed by atoms with Crippen LogP contribution in [0.4, 0.5) is 0 Å². The van der Waals surface area contributed by atoms with Crippen LogP contribution in [0.2, 0.25) is 0 Å². The summed E-state index contributed by atoms with van der Waals surface area (Å²) in [5.41, 5.74) is 8.85. The van der Waals surface area contributed by atoms with Gasteiger partial charge in [0.2, 0.25) is 0 Å². The number of rotatable bonds is 2. The molecule has 0 aromatic heterocycles.